The average molecular weight is 206 g/mol. The molecule has 0 fully saturated rings. The molecule has 12 heavy (non-hydrogen) atoms. The smallest absolute Gasteiger partial charge is 0.0945 e. The number of benzene rings is 1. The first kappa shape index (κ1) is 9.67. The van der Waals surface area contributed by atoms with Gasteiger partial charge in [0.1, 0.15) is 0 Å². The van der Waals surface area contributed by atoms with E-state index in [-0.39, 0.29) is 0 Å². The zero-order valence-corrected chi connectivity index (χ0v) is 7.97. The van der Waals surface area contributed by atoms with Crippen LogP contribution in [0.1, 0.15) is 0 Å². The lowest BCUT2D eigenvalue weighted by atomic mass is 10.3. The normalized spacial score (nSPS) is 9.92. The molecule has 0 unspecified atom stereocenters. The topological polar surface area (TPSA) is 32.7 Å². The summed E-state index contributed by atoms with van der Waals surface area (Å²) in [5, 5.41) is 9.75. The van der Waals surface area contributed by atoms with E-state index in [0.29, 0.717) is 10.9 Å². The SMILES string of the molecule is CON(O)c1ccc(SCl)cc1. The number of anilines is 1. The molecule has 1 aromatic rings. The van der Waals surface area contributed by atoms with Crippen molar-refractivity contribution in [2.75, 3.05) is 12.3 Å². The standard InChI is InChI=1S/C7H8ClNO2S/c1-11-9(10)6-2-4-7(12-8)5-3-6/h2-5,10H,1H3. The maximum absolute atomic E-state index is 9.06. The van der Waals surface area contributed by atoms with Gasteiger partial charge in [-0.15, -0.1) is 5.23 Å². The van der Waals surface area contributed by atoms with E-state index in [1.165, 1.54) is 7.11 Å². The van der Waals surface area contributed by atoms with E-state index in [0.717, 1.165) is 15.9 Å². The fraction of sp³-hybridized carbons (Fsp3) is 0.143. The fourth-order valence-electron chi connectivity index (χ4n) is 0.731. The molecule has 0 spiro atoms. The summed E-state index contributed by atoms with van der Waals surface area (Å²) in [7, 11) is 8.01. The van der Waals surface area contributed by atoms with Crippen LogP contribution in [-0.4, -0.2) is 12.3 Å². The molecule has 5 heteroatoms. The molecule has 66 valence electrons. The van der Waals surface area contributed by atoms with Crippen molar-refractivity contribution in [1.29, 1.82) is 0 Å². The van der Waals surface area contributed by atoms with E-state index in [4.69, 9.17) is 15.9 Å². The molecule has 0 saturated heterocycles. The van der Waals surface area contributed by atoms with Gasteiger partial charge < -0.3 is 0 Å². The van der Waals surface area contributed by atoms with E-state index >= 15 is 0 Å². The molecular formula is C7H8ClNO2S. The number of hydrogen-bond acceptors (Lipinski definition) is 4. The molecule has 0 radical (unpaired) electrons. The molecule has 0 atom stereocenters. The van der Waals surface area contributed by atoms with Crippen LogP contribution >= 0.6 is 21.7 Å². The summed E-state index contributed by atoms with van der Waals surface area (Å²) >= 11 is 0. The molecule has 1 rings (SSSR count). The number of rotatable bonds is 3. The predicted molar refractivity (Wildman–Crippen MR) is 49.4 cm³/mol. The van der Waals surface area contributed by atoms with Gasteiger partial charge in [-0.05, 0) is 45.9 Å². The van der Waals surface area contributed by atoms with E-state index in [1.54, 1.807) is 24.3 Å². The maximum Gasteiger partial charge on any atom is 0.0945 e. The third-order valence-electron chi connectivity index (χ3n) is 1.32. The Kier molecular flexibility index (Phi) is 3.68. The molecule has 0 amide bonds. The first-order chi connectivity index (χ1) is 5.77. The number of halogens is 1. The largest absolute Gasteiger partial charge is 0.264 e. The molecule has 0 aliphatic carbocycles. The van der Waals surface area contributed by atoms with Crippen LogP contribution in [0.4, 0.5) is 5.69 Å². The van der Waals surface area contributed by atoms with Crippen LogP contribution in [-0.2, 0) is 4.84 Å². The lowest BCUT2D eigenvalue weighted by molar-refractivity contribution is -0.0110. The molecular weight excluding hydrogens is 198 g/mol. The van der Waals surface area contributed by atoms with Crippen LogP contribution < -0.4 is 5.23 Å². The summed E-state index contributed by atoms with van der Waals surface area (Å²) in [5.74, 6) is 0. The van der Waals surface area contributed by atoms with Crippen molar-refractivity contribution in [3.63, 3.8) is 0 Å². The van der Waals surface area contributed by atoms with Crippen LogP contribution in [0.5, 0.6) is 0 Å². The van der Waals surface area contributed by atoms with Gasteiger partial charge in [-0.2, -0.15) is 0 Å². The monoisotopic (exact) mass is 205 g/mol. The average Bonchev–Trinajstić information content (AvgIpc) is 2.17. The molecule has 1 N–H and O–H groups in total. The minimum Gasteiger partial charge on any atom is -0.264 e. The Morgan fingerprint density at radius 3 is 2.42 bits per heavy atom. The molecule has 0 aromatic heterocycles. The number of hydrogen-bond donors (Lipinski definition) is 1. The van der Waals surface area contributed by atoms with Gasteiger partial charge in [-0.25, -0.2) is 0 Å². The molecule has 0 bridgehead atoms. The van der Waals surface area contributed by atoms with Crippen molar-refractivity contribution >= 4 is 27.3 Å². The highest BCUT2D eigenvalue weighted by Gasteiger charge is 2.00. The molecule has 0 aliphatic rings. The van der Waals surface area contributed by atoms with Gasteiger partial charge in [-0.1, -0.05) is 0 Å². The van der Waals surface area contributed by atoms with Gasteiger partial charge in [0.2, 0.25) is 0 Å². The van der Waals surface area contributed by atoms with Gasteiger partial charge in [0.15, 0.2) is 0 Å². The predicted octanol–water partition coefficient (Wildman–Crippen LogP) is 2.69. The van der Waals surface area contributed by atoms with Crippen LogP contribution in [0.15, 0.2) is 29.2 Å². The summed E-state index contributed by atoms with van der Waals surface area (Å²) < 4.78 is 0. The maximum atomic E-state index is 9.06. The summed E-state index contributed by atoms with van der Waals surface area (Å²) in [6.45, 7) is 0. The number of nitrogens with zero attached hydrogens (tertiary/aromatic N) is 1. The summed E-state index contributed by atoms with van der Waals surface area (Å²) in [4.78, 5) is 5.48. The van der Waals surface area contributed by atoms with Gasteiger partial charge in [0.25, 0.3) is 0 Å². The Balaban J connectivity index is 2.77. The molecule has 0 aliphatic heterocycles. The van der Waals surface area contributed by atoms with Crippen LogP contribution in [0, 0.1) is 0 Å². The third-order valence-corrected chi connectivity index (χ3v) is 2.30. The van der Waals surface area contributed by atoms with Crippen molar-refractivity contribution in [2.24, 2.45) is 0 Å². The van der Waals surface area contributed by atoms with Crippen molar-refractivity contribution < 1.29 is 10.0 Å². The zero-order chi connectivity index (χ0) is 8.97. The first-order valence-corrected chi connectivity index (χ1v) is 4.84. The van der Waals surface area contributed by atoms with Crippen molar-refractivity contribution in [1.82, 2.24) is 0 Å². The van der Waals surface area contributed by atoms with Crippen LogP contribution in [0.2, 0.25) is 0 Å². The molecule has 0 heterocycles. The van der Waals surface area contributed by atoms with E-state index in [1.807, 2.05) is 0 Å². The van der Waals surface area contributed by atoms with E-state index in [2.05, 4.69) is 4.84 Å². The minimum atomic E-state index is 0.562. The Morgan fingerprint density at radius 2 is 2.00 bits per heavy atom. The fourth-order valence-corrected chi connectivity index (χ4v) is 1.28. The first-order valence-electron chi connectivity index (χ1n) is 3.19. The third kappa shape index (κ3) is 2.28. The second-order valence-electron chi connectivity index (χ2n) is 2.03. The van der Waals surface area contributed by atoms with Crippen molar-refractivity contribution in [2.45, 2.75) is 4.90 Å². The Bertz CT molecular complexity index is 242. The van der Waals surface area contributed by atoms with E-state index in [9.17, 15) is 0 Å². The Hall–Kier alpha value is -0.420. The van der Waals surface area contributed by atoms with Gasteiger partial charge in [-0.3, -0.25) is 10.0 Å². The van der Waals surface area contributed by atoms with Crippen molar-refractivity contribution in [3.8, 4) is 0 Å². The Labute approximate surface area is 79.3 Å². The second-order valence-corrected chi connectivity index (χ2v) is 3.12. The quantitative estimate of drug-likeness (QED) is 0.770. The molecule has 0 saturated carbocycles. The summed E-state index contributed by atoms with van der Waals surface area (Å²) in [6, 6.07) is 6.98. The van der Waals surface area contributed by atoms with Crippen molar-refractivity contribution in [3.05, 3.63) is 24.3 Å². The van der Waals surface area contributed by atoms with Gasteiger partial charge in [0, 0.05) is 4.90 Å². The van der Waals surface area contributed by atoms with E-state index < -0.39 is 0 Å². The van der Waals surface area contributed by atoms with Gasteiger partial charge in [0.05, 0.1) is 12.8 Å². The van der Waals surface area contributed by atoms with Gasteiger partial charge >= 0.3 is 0 Å². The lowest BCUT2D eigenvalue weighted by Gasteiger charge is -2.12. The Morgan fingerprint density at radius 1 is 1.42 bits per heavy atom. The highest BCUT2D eigenvalue weighted by Crippen LogP contribution is 2.24. The minimum absolute atomic E-state index is 0.562. The highest BCUT2D eigenvalue weighted by molar-refractivity contribution is 8.21. The second kappa shape index (κ2) is 4.57. The zero-order valence-electron chi connectivity index (χ0n) is 6.40. The highest BCUT2D eigenvalue weighted by atomic mass is 35.7. The van der Waals surface area contributed by atoms with Crippen LogP contribution in [0.25, 0.3) is 0 Å². The van der Waals surface area contributed by atoms with Crippen LogP contribution in [0.3, 0.4) is 0 Å². The summed E-state index contributed by atoms with van der Waals surface area (Å²) in [6.07, 6.45) is 0. The summed E-state index contributed by atoms with van der Waals surface area (Å²) in [5.41, 5.74) is 0.562. The molecule has 3 nitrogen and oxygen atoms in total. The molecule has 1 aromatic carbocycles. The lowest BCUT2D eigenvalue weighted by Crippen LogP contribution is -2.15.